The molecule has 60 valence electrons. The van der Waals surface area contributed by atoms with Gasteiger partial charge >= 0.3 is 0 Å². The first-order chi connectivity index (χ1) is 5.29. The van der Waals surface area contributed by atoms with E-state index in [1.165, 1.54) is 16.7 Å². The van der Waals surface area contributed by atoms with Gasteiger partial charge in [-0.25, -0.2) is 0 Å². The molecule has 0 amide bonds. The average molecular weight is 278 g/mol. The molecule has 2 heteroatoms. The van der Waals surface area contributed by atoms with Gasteiger partial charge in [-0.3, -0.25) is 0 Å². The van der Waals surface area contributed by atoms with Crippen molar-refractivity contribution in [2.24, 2.45) is 0 Å². The van der Waals surface area contributed by atoms with Crippen molar-refractivity contribution in [2.45, 2.75) is 17.6 Å². The van der Waals surface area contributed by atoms with Gasteiger partial charge in [0.25, 0.3) is 0 Å². The summed E-state index contributed by atoms with van der Waals surface area (Å²) in [5.74, 6) is 0. The maximum atomic E-state index is 3.48. The molecule has 0 aromatic heterocycles. The Morgan fingerprint density at radius 2 is 1.91 bits per heavy atom. The first kappa shape index (κ1) is 9.27. The van der Waals surface area contributed by atoms with E-state index in [1.807, 2.05) is 0 Å². The smallest absolute Gasteiger partial charge is 0.0288 e. The first-order valence-corrected chi connectivity index (χ1v) is 5.73. The molecule has 0 unspecified atom stereocenters. The van der Waals surface area contributed by atoms with Crippen LogP contribution >= 0.6 is 31.9 Å². The Morgan fingerprint density at radius 1 is 1.18 bits per heavy atom. The standard InChI is InChI=1S/C9H10Br2/c1-7-3-2-4-8(5-10)9(7)6-11/h2-4H,5-6H2,1H3. The molecule has 0 saturated carbocycles. The minimum Gasteiger partial charge on any atom is -0.0876 e. The number of rotatable bonds is 2. The van der Waals surface area contributed by atoms with Gasteiger partial charge in [-0.15, -0.1) is 0 Å². The van der Waals surface area contributed by atoms with Gasteiger partial charge in [0, 0.05) is 10.7 Å². The van der Waals surface area contributed by atoms with Crippen molar-refractivity contribution in [3.8, 4) is 0 Å². The third-order valence-corrected chi connectivity index (χ3v) is 2.95. The third kappa shape index (κ3) is 2.06. The fourth-order valence-corrected chi connectivity index (χ4v) is 2.41. The van der Waals surface area contributed by atoms with Crippen LogP contribution in [0.25, 0.3) is 0 Å². The quantitative estimate of drug-likeness (QED) is 0.722. The van der Waals surface area contributed by atoms with Crippen molar-refractivity contribution >= 4 is 31.9 Å². The summed E-state index contributed by atoms with van der Waals surface area (Å²) >= 11 is 6.94. The van der Waals surface area contributed by atoms with E-state index < -0.39 is 0 Å². The van der Waals surface area contributed by atoms with Crippen LogP contribution in [0.4, 0.5) is 0 Å². The summed E-state index contributed by atoms with van der Waals surface area (Å²) in [5, 5.41) is 1.89. The highest BCUT2D eigenvalue weighted by molar-refractivity contribution is 9.09. The summed E-state index contributed by atoms with van der Waals surface area (Å²) in [7, 11) is 0. The molecule has 0 heterocycles. The van der Waals surface area contributed by atoms with E-state index >= 15 is 0 Å². The van der Waals surface area contributed by atoms with Crippen molar-refractivity contribution < 1.29 is 0 Å². The van der Waals surface area contributed by atoms with Gasteiger partial charge in [0.1, 0.15) is 0 Å². The monoisotopic (exact) mass is 276 g/mol. The van der Waals surface area contributed by atoms with E-state index in [-0.39, 0.29) is 0 Å². The van der Waals surface area contributed by atoms with Gasteiger partial charge in [0.2, 0.25) is 0 Å². The van der Waals surface area contributed by atoms with Gasteiger partial charge < -0.3 is 0 Å². The molecule has 0 aliphatic rings. The molecule has 0 saturated heterocycles. The summed E-state index contributed by atoms with van der Waals surface area (Å²) in [5.41, 5.74) is 4.14. The summed E-state index contributed by atoms with van der Waals surface area (Å²) < 4.78 is 0. The lowest BCUT2D eigenvalue weighted by molar-refractivity contribution is 1.24. The van der Waals surface area contributed by atoms with Crippen LogP contribution in [0.1, 0.15) is 16.7 Å². The maximum Gasteiger partial charge on any atom is 0.0288 e. The molecular formula is C9H10Br2. The van der Waals surface area contributed by atoms with E-state index in [9.17, 15) is 0 Å². The zero-order chi connectivity index (χ0) is 8.27. The molecule has 11 heavy (non-hydrogen) atoms. The topological polar surface area (TPSA) is 0 Å². The van der Waals surface area contributed by atoms with Crippen LogP contribution < -0.4 is 0 Å². The molecule has 0 radical (unpaired) electrons. The predicted molar refractivity (Wildman–Crippen MR) is 56.4 cm³/mol. The van der Waals surface area contributed by atoms with Crippen molar-refractivity contribution in [3.63, 3.8) is 0 Å². The van der Waals surface area contributed by atoms with Crippen LogP contribution in [0.5, 0.6) is 0 Å². The normalized spacial score (nSPS) is 10.1. The SMILES string of the molecule is Cc1cccc(CBr)c1CBr. The van der Waals surface area contributed by atoms with Gasteiger partial charge in [0.05, 0.1) is 0 Å². The van der Waals surface area contributed by atoms with Crippen LogP contribution in [-0.4, -0.2) is 0 Å². The molecular weight excluding hydrogens is 268 g/mol. The van der Waals surface area contributed by atoms with Gasteiger partial charge in [-0.1, -0.05) is 50.1 Å². The van der Waals surface area contributed by atoms with E-state index in [2.05, 4.69) is 57.0 Å². The second-order valence-corrected chi connectivity index (χ2v) is 3.60. The molecule has 0 aliphatic carbocycles. The molecule has 0 fully saturated rings. The van der Waals surface area contributed by atoms with Crippen molar-refractivity contribution in [1.29, 1.82) is 0 Å². The minimum atomic E-state index is 0.940. The Balaban J connectivity index is 3.13. The molecule has 0 atom stereocenters. The molecule has 0 nitrogen and oxygen atoms in total. The van der Waals surface area contributed by atoms with Crippen LogP contribution in [-0.2, 0) is 10.7 Å². The highest BCUT2D eigenvalue weighted by atomic mass is 79.9. The fourth-order valence-electron chi connectivity index (χ4n) is 1.08. The fraction of sp³-hybridized carbons (Fsp3) is 0.333. The highest BCUT2D eigenvalue weighted by Crippen LogP contribution is 2.19. The average Bonchev–Trinajstić information content (AvgIpc) is 2.04. The molecule has 0 spiro atoms. The van der Waals surface area contributed by atoms with Gasteiger partial charge in [-0.2, -0.15) is 0 Å². The lowest BCUT2D eigenvalue weighted by Gasteiger charge is -2.06. The molecule has 0 aliphatic heterocycles. The number of alkyl halides is 2. The number of halogens is 2. The van der Waals surface area contributed by atoms with Crippen molar-refractivity contribution in [3.05, 3.63) is 34.9 Å². The molecule has 1 aromatic rings. The Bertz CT molecular complexity index is 243. The second-order valence-electron chi connectivity index (χ2n) is 2.48. The van der Waals surface area contributed by atoms with E-state index in [0.29, 0.717) is 0 Å². The van der Waals surface area contributed by atoms with Crippen LogP contribution in [0.3, 0.4) is 0 Å². The Labute approximate surface area is 84.3 Å². The lowest BCUT2D eigenvalue weighted by Crippen LogP contribution is -1.90. The molecule has 0 N–H and O–H groups in total. The summed E-state index contributed by atoms with van der Waals surface area (Å²) in [4.78, 5) is 0. The maximum absolute atomic E-state index is 3.48. The summed E-state index contributed by atoms with van der Waals surface area (Å²) in [6, 6.07) is 6.39. The predicted octanol–water partition coefficient (Wildman–Crippen LogP) is 3.78. The first-order valence-electron chi connectivity index (χ1n) is 3.49. The largest absolute Gasteiger partial charge is 0.0876 e. The van der Waals surface area contributed by atoms with Crippen molar-refractivity contribution in [1.82, 2.24) is 0 Å². The zero-order valence-electron chi connectivity index (χ0n) is 6.40. The second kappa shape index (κ2) is 4.27. The van der Waals surface area contributed by atoms with E-state index in [1.54, 1.807) is 0 Å². The van der Waals surface area contributed by atoms with Crippen LogP contribution in [0, 0.1) is 6.92 Å². The number of benzene rings is 1. The van der Waals surface area contributed by atoms with Crippen molar-refractivity contribution in [2.75, 3.05) is 0 Å². The van der Waals surface area contributed by atoms with Gasteiger partial charge in [0.15, 0.2) is 0 Å². The number of hydrogen-bond donors (Lipinski definition) is 0. The summed E-state index contributed by atoms with van der Waals surface area (Å²) in [6.07, 6.45) is 0. The highest BCUT2D eigenvalue weighted by Gasteiger charge is 2.01. The zero-order valence-corrected chi connectivity index (χ0v) is 9.57. The third-order valence-electron chi connectivity index (χ3n) is 1.78. The van der Waals surface area contributed by atoms with Crippen LogP contribution in [0.2, 0.25) is 0 Å². The van der Waals surface area contributed by atoms with Crippen LogP contribution in [0.15, 0.2) is 18.2 Å². The minimum absolute atomic E-state index is 0.940. The Morgan fingerprint density at radius 3 is 2.36 bits per heavy atom. The van der Waals surface area contributed by atoms with E-state index in [4.69, 9.17) is 0 Å². The summed E-state index contributed by atoms with van der Waals surface area (Å²) in [6.45, 7) is 2.14. The lowest BCUT2D eigenvalue weighted by atomic mass is 10.1. The molecule has 1 aromatic carbocycles. The molecule has 1 rings (SSSR count). The number of aryl methyl sites for hydroxylation is 1. The Hall–Kier alpha value is 0.180. The van der Waals surface area contributed by atoms with Gasteiger partial charge in [-0.05, 0) is 23.6 Å². The number of hydrogen-bond acceptors (Lipinski definition) is 0. The molecule has 0 bridgehead atoms. The van der Waals surface area contributed by atoms with E-state index in [0.717, 1.165) is 10.7 Å². The Kier molecular flexibility index (Phi) is 3.60.